The summed E-state index contributed by atoms with van der Waals surface area (Å²) in [7, 11) is 0. The number of benzene rings is 1. The van der Waals surface area contributed by atoms with E-state index in [2.05, 4.69) is 10.3 Å². The molecule has 2 aromatic rings. The van der Waals surface area contributed by atoms with Gasteiger partial charge >= 0.3 is 5.97 Å². The first-order valence-corrected chi connectivity index (χ1v) is 6.78. The van der Waals surface area contributed by atoms with Gasteiger partial charge in [-0.15, -0.1) is 0 Å². The number of aromatic nitrogens is 1. The average molecular weight is 326 g/mol. The van der Waals surface area contributed by atoms with Crippen molar-refractivity contribution in [2.75, 3.05) is 11.9 Å². The zero-order valence-electron chi connectivity index (χ0n) is 10.8. The molecule has 0 aliphatic rings. The van der Waals surface area contributed by atoms with Crippen LogP contribution in [-0.2, 0) is 4.79 Å². The lowest BCUT2D eigenvalue weighted by molar-refractivity contribution is -0.136. The van der Waals surface area contributed by atoms with Gasteiger partial charge in [-0.05, 0) is 24.3 Å². The number of hydrogen-bond donors (Lipinski definition) is 3. The molecule has 4 N–H and O–H groups in total. The lowest BCUT2D eigenvalue weighted by atomic mass is 10.2. The first-order chi connectivity index (χ1) is 9.97. The van der Waals surface area contributed by atoms with Gasteiger partial charge in [-0.2, -0.15) is 0 Å². The third-order valence-electron chi connectivity index (χ3n) is 2.58. The minimum absolute atomic E-state index is 0.0618. The number of halogens is 1. The van der Waals surface area contributed by atoms with Crippen molar-refractivity contribution in [2.24, 2.45) is 5.73 Å². The fourth-order valence-corrected chi connectivity index (χ4v) is 1.87. The second kappa shape index (κ2) is 6.55. The largest absolute Gasteiger partial charge is 0.481 e. The van der Waals surface area contributed by atoms with Crippen molar-refractivity contribution in [1.82, 2.24) is 4.98 Å². The van der Waals surface area contributed by atoms with Crippen molar-refractivity contribution >= 4 is 40.7 Å². The number of carboxylic acids is 1. The molecular weight excluding hydrogens is 314 g/mol. The second-order valence-corrected chi connectivity index (χ2v) is 5.01. The van der Waals surface area contributed by atoms with Crippen LogP contribution in [0.3, 0.4) is 0 Å². The van der Waals surface area contributed by atoms with Crippen molar-refractivity contribution in [2.45, 2.75) is 6.42 Å². The number of nitrogens with one attached hydrogen (secondary N) is 1. The Kier molecular flexibility index (Phi) is 4.77. The quantitative estimate of drug-likeness (QED) is 0.701. The van der Waals surface area contributed by atoms with E-state index in [9.17, 15) is 4.79 Å². The number of nitrogens with zero attached hydrogens (tertiary/aromatic N) is 1. The van der Waals surface area contributed by atoms with Crippen LogP contribution in [0.25, 0.3) is 11.5 Å². The maximum atomic E-state index is 10.5. The number of anilines is 1. The van der Waals surface area contributed by atoms with Crippen LogP contribution >= 0.6 is 23.8 Å². The number of hydrogen-bond acceptors (Lipinski definition) is 5. The molecule has 1 heterocycles. The van der Waals surface area contributed by atoms with E-state index in [0.717, 1.165) is 0 Å². The molecule has 2 rings (SSSR count). The Morgan fingerprint density at radius 3 is 2.67 bits per heavy atom. The molecule has 0 fully saturated rings. The van der Waals surface area contributed by atoms with Gasteiger partial charge in [0.1, 0.15) is 4.99 Å². The smallest absolute Gasteiger partial charge is 0.305 e. The molecule has 8 heteroatoms. The van der Waals surface area contributed by atoms with Crippen LogP contribution in [0.2, 0.25) is 5.02 Å². The zero-order chi connectivity index (χ0) is 15.4. The number of aliphatic carboxylic acids is 1. The lowest BCUT2D eigenvalue weighted by Gasteiger charge is -2.01. The van der Waals surface area contributed by atoms with Crippen molar-refractivity contribution in [3.63, 3.8) is 0 Å². The van der Waals surface area contributed by atoms with Gasteiger partial charge in [0.15, 0.2) is 5.69 Å². The van der Waals surface area contributed by atoms with Crippen LogP contribution in [0.5, 0.6) is 0 Å². The van der Waals surface area contributed by atoms with Crippen LogP contribution in [0, 0.1) is 0 Å². The molecule has 0 amide bonds. The number of rotatable bonds is 6. The number of carboxylic acid groups (broad SMARTS) is 1. The normalized spacial score (nSPS) is 10.3. The molecule has 6 nitrogen and oxygen atoms in total. The SMILES string of the molecule is NC(=S)c1nc(-c2ccc(Cl)cc2)oc1NCCC(=O)O. The first kappa shape index (κ1) is 15.3. The summed E-state index contributed by atoms with van der Waals surface area (Å²) >= 11 is 10.7. The van der Waals surface area contributed by atoms with Gasteiger partial charge in [0, 0.05) is 17.1 Å². The Hall–Kier alpha value is -2.12. The van der Waals surface area contributed by atoms with Crippen LogP contribution in [0.15, 0.2) is 28.7 Å². The van der Waals surface area contributed by atoms with Crippen molar-refractivity contribution in [1.29, 1.82) is 0 Å². The molecular formula is C13H12ClN3O3S. The third-order valence-corrected chi connectivity index (χ3v) is 3.02. The molecule has 0 saturated carbocycles. The minimum Gasteiger partial charge on any atom is -0.481 e. The van der Waals surface area contributed by atoms with Gasteiger partial charge in [0.05, 0.1) is 6.42 Å². The van der Waals surface area contributed by atoms with E-state index in [4.69, 9.17) is 39.1 Å². The molecule has 0 aliphatic heterocycles. The summed E-state index contributed by atoms with van der Waals surface area (Å²) in [4.78, 5) is 14.8. The zero-order valence-corrected chi connectivity index (χ0v) is 12.4. The summed E-state index contributed by atoms with van der Waals surface area (Å²) in [5.41, 5.74) is 6.60. The van der Waals surface area contributed by atoms with E-state index in [0.29, 0.717) is 22.2 Å². The van der Waals surface area contributed by atoms with Crippen LogP contribution in [0.1, 0.15) is 12.1 Å². The highest BCUT2D eigenvalue weighted by Gasteiger charge is 2.16. The number of nitrogens with two attached hydrogens (primary N) is 1. The number of thiocarbonyl (C=S) groups is 1. The lowest BCUT2D eigenvalue weighted by Crippen LogP contribution is -2.14. The number of carbonyl (C=O) groups is 1. The summed E-state index contributed by atoms with van der Waals surface area (Å²) in [6, 6.07) is 6.91. The van der Waals surface area contributed by atoms with E-state index in [1.165, 1.54) is 0 Å². The standard InChI is InChI=1S/C13H12ClN3O3S/c14-8-3-1-7(2-4-8)12-17-10(11(15)21)13(20-12)16-6-5-9(18)19/h1-4,16H,5-6H2,(H2,15,21)(H,18,19). The first-order valence-electron chi connectivity index (χ1n) is 5.99. The third kappa shape index (κ3) is 3.93. The number of oxazole rings is 1. The van der Waals surface area contributed by atoms with Gasteiger partial charge in [-0.25, -0.2) is 4.98 Å². The van der Waals surface area contributed by atoms with Crippen molar-refractivity contribution in [3.05, 3.63) is 35.0 Å². The minimum atomic E-state index is -0.920. The fourth-order valence-electron chi connectivity index (χ4n) is 1.61. The summed E-state index contributed by atoms with van der Waals surface area (Å²) in [6.07, 6.45) is -0.0618. The summed E-state index contributed by atoms with van der Waals surface area (Å²) in [5, 5.41) is 12.1. The Morgan fingerprint density at radius 2 is 2.10 bits per heavy atom. The van der Waals surface area contributed by atoms with E-state index < -0.39 is 5.97 Å². The summed E-state index contributed by atoms with van der Waals surface area (Å²) < 4.78 is 5.56. The molecule has 1 aromatic carbocycles. The van der Waals surface area contributed by atoms with E-state index in [-0.39, 0.29) is 23.8 Å². The predicted molar refractivity (Wildman–Crippen MR) is 83.6 cm³/mol. The molecule has 0 saturated heterocycles. The van der Waals surface area contributed by atoms with Crippen LogP contribution < -0.4 is 11.1 Å². The van der Waals surface area contributed by atoms with Crippen molar-refractivity contribution in [3.8, 4) is 11.5 Å². The van der Waals surface area contributed by atoms with E-state index >= 15 is 0 Å². The topological polar surface area (TPSA) is 101 Å². The van der Waals surface area contributed by atoms with Crippen LogP contribution in [0.4, 0.5) is 5.88 Å². The van der Waals surface area contributed by atoms with Crippen molar-refractivity contribution < 1.29 is 14.3 Å². The van der Waals surface area contributed by atoms with Gasteiger partial charge in [-0.1, -0.05) is 23.8 Å². The van der Waals surface area contributed by atoms with E-state index in [1.54, 1.807) is 24.3 Å². The molecule has 0 unspecified atom stereocenters. The highest BCUT2D eigenvalue weighted by atomic mass is 35.5. The van der Waals surface area contributed by atoms with Gasteiger partial charge in [0.25, 0.3) is 0 Å². The Labute approximate surface area is 130 Å². The molecule has 0 bridgehead atoms. The second-order valence-electron chi connectivity index (χ2n) is 4.14. The molecule has 1 aromatic heterocycles. The van der Waals surface area contributed by atoms with Gasteiger partial charge in [-0.3, -0.25) is 4.79 Å². The Morgan fingerprint density at radius 1 is 1.43 bits per heavy atom. The molecule has 0 atom stereocenters. The monoisotopic (exact) mass is 325 g/mol. The predicted octanol–water partition coefficient (Wildman–Crippen LogP) is 2.52. The molecule has 0 aliphatic carbocycles. The average Bonchev–Trinajstić information content (AvgIpc) is 2.83. The molecule has 110 valence electrons. The molecule has 21 heavy (non-hydrogen) atoms. The maximum Gasteiger partial charge on any atom is 0.305 e. The highest BCUT2D eigenvalue weighted by molar-refractivity contribution is 7.80. The molecule has 0 spiro atoms. The Bertz CT molecular complexity index is 670. The van der Waals surface area contributed by atoms with Gasteiger partial charge in [0.2, 0.25) is 11.8 Å². The van der Waals surface area contributed by atoms with E-state index in [1.807, 2.05) is 0 Å². The Balaban J connectivity index is 2.26. The summed E-state index contributed by atoms with van der Waals surface area (Å²) in [6.45, 7) is 0.181. The molecule has 0 radical (unpaired) electrons. The highest BCUT2D eigenvalue weighted by Crippen LogP contribution is 2.26. The summed E-state index contributed by atoms with van der Waals surface area (Å²) in [5.74, 6) is -0.335. The van der Waals surface area contributed by atoms with Crippen LogP contribution in [-0.4, -0.2) is 27.6 Å². The fraction of sp³-hybridized carbons (Fsp3) is 0.154. The van der Waals surface area contributed by atoms with Gasteiger partial charge < -0.3 is 20.6 Å². The maximum absolute atomic E-state index is 10.5.